The molecule has 6 heteroatoms. The maximum atomic E-state index is 5.22. The summed E-state index contributed by atoms with van der Waals surface area (Å²) in [7, 11) is 3.56. The Balaban J connectivity index is 2.03. The molecular weight excluding hydrogens is 238 g/mol. The molecule has 0 radical (unpaired) electrons. The molecule has 5 nitrogen and oxygen atoms in total. The summed E-state index contributed by atoms with van der Waals surface area (Å²) in [5.74, 6) is 1.27. The molecule has 1 N–H and O–H groups in total. The lowest BCUT2D eigenvalue weighted by Gasteiger charge is -2.11. The summed E-state index contributed by atoms with van der Waals surface area (Å²) in [6.45, 7) is 0.618. The van der Waals surface area contributed by atoms with Gasteiger partial charge in [-0.15, -0.1) is 0 Å². The standard InChI is InChI=1S/C11H15N3O2S/c1-12-9(6-15-2)5-10-13-11(14-16-10)8-3-4-17-7-8/h3-4,7,9,12H,5-6H2,1-2H3. The molecule has 0 aromatic carbocycles. The molecule has 1 unspecified atom stereocenters. The largest absolute Gasteiger partial charge is 0.383 e. The number of rotatable bonds is 6. The van der Waals surface area contributed by atoms with Crippen LogP contribution in [0.2, 0.25) is 0 Å². The first-order valence-electron chi connectivity index (χ1n) is 5.35. The van der Waals surface area contributed by atoms with E-state index in [0.29, 0.717) is 24.7 Å². The third-order valence-electron chi connectivity index (χ3n) is 2.44. The normalized spacial score (nSPS) is 12.8. The second-order valence-electron chi connectivity index (χ2n) is 3.67. The molecule has 2 aromatic heterocycles. The van der Waals surface area contributed by atoms with Crippen LogP contribution in [0.1, 0.15) is 5.89 Å². The molecule has 17 heavy (non-hydrogen) atoms. The van der Waals surface area contributed by atoms with Crippen molar-refractivity contribution in [3.63, 3.8) is 0 Å². The highest BCUT2D eigenvalue weighted by molar-refractivity contribution is 7.08. The fourth-order valence-corrected chi connectivity index (χ4v) is 2.14. The third-order valence-corrected chi connectivity index (χ3v) is 3.13. The van der Waals surface area contributed by atoms with Crippen LogP contribution in [0.4, 0.5) is 0 Å². The topological polar surface area (TPSA) is 60.2 Å². The molecule has 0 aliphatic heterocycles. The highest BCUT2D eigenvalue weighted by Crippen LogP contribution is 2.18. The average molecular weight is 253 g/mol. The Hall–Kier alpha value is -1.24. The number of likely N-dealkylation sites (N-methyl/N-ethyl adjacent to an activating group) is 1. The zero-order valence-corrected chi connectivity index (χ0v) is 10.7. The van der Waals surface area contributed by atoms with E-state index in [1.807, 2.05) is 23.9 Å². The molecule has 0 fully saturated rings. The van der Waals surface area contributed by atoms with Gasteiger partial charge in [0.25, 0.3) is 0 Å². The Morgan fingerprint density at radius 1 is 1.59 bits per heavy atom. The smallest absolute Gasteiger partial charge is 0.228 e. The number of methoxy groups -OCH3 is 1. The second-order valence-corrected chi connectivity index (χ2v) is 4.45. The minimum Gasteiger partial charge on any atom is -0.383 e. The van der Waals surface area contributed by atoms with Crippen molar-refractivity contribution in [3.05, 3.63) is 22.7 Å². The van der Waals surface area contributed by atoms with E-state index in [1.54, 1.807) is 18.4 Å². The van der Waals surface area contributed by atoms with Gasteiger partial charge in [-0.1, -0.05) is 5.16 Å². The van der Waals surface area contributed by atoms with Gasteiger partial charge in [-0.25, -0.2) is 0 Å². The number of thiophene rings is 1. The maximum absolute atomic E-state index is 5.22. The lowest BCUT2D eigenvalue weighted by atomic mass is 10.2. The van der Waals surface area contributed by atoms with Crippen LogP contribution in [-0.2, 0) is 11.2 Å². The summed E-state index contributed by atoms with van der Waals surface area (Å²) in [6.07, 6.45) is 0.668. The molecule has 92 valence electrons. The Labute approximate surface area is 104 Å². The van der Waals surface area contributed by atoms with Gasteiger partial charge < -0.3 is 14.6 Å². The van der Waals surface area contributed by atoms with Gasteiger partial charge in [0.15, 0.2) is 0 Å². The van der Waals surface area contributed by atoms with E-state index < -0.39 is 0 Å². The van der Waals surface area contributed by atoms with Gasteiger partial charge >= 0.3 is 0 Å². The Kier molecular flexibility index (Phi) is 4.24. The van der Waals surface area contributed by atoms with Crippen LogP contribution in [0, 0.1) is 0 Å². The lowest BCUT2D eigenvalue weighted by molar-refractivity contribution is 0.165. The number of hydrogen-bond donors (Lipinski definition) is 1. The summed E-state index contributed by atoms with van der Waals surface area (Å²) in [5.41, 5.74) is 0.998. The Morgan fingerprint density at radius 2 is 2.47 bits per heavy atom. The van der Waals surface area contributed by atoms with Crippen molar-refractivity contribution in [1.82, 2.24) is 15.5 Å². The van der Waals surface area contributed by atoms with Crippen LogP contribution in [-0.4, -0.2) is 36.9 Å². The number of hydrogen-bond acceptors (Lipinski definition) is 6. The summed E-state index contributed by atoms with van der Waals surface area (Å²) >= 11 is 1.62. The molecule has 0 spiro atoms. The van der Waals surface area contributed by atoms with E-state index in [4.69, 9.17) is 9.26 Å². The quantitative estimate of drug-likeness (QED) is 0.847. The zero-order valence-electron chi connectivity index (χ0n) is 9.84. The van der Waals surface area contributed by atoms with Crippen molar-refractivity contribution < 1.29 is 9.26 Å². The summed E-state index contributed by atoms with van der Waals surface area (Å²) < 4.78 is 10.3. The minimum atomic E-state index is 0.191. The van der Waals surface area contributed by atoms with Crippen LogP contribution in [0.25, 0.3) is 11.4 Å². The second kappa shape index (κ2) is 5.90. The van der Waals surface area contributed by atoms with E-state index in [9.17, 15) is 0 Å². The van der Waals surface area contributed by atoms with Gasteiger partial charge in [0.1, 0.15) is 0 Å². The fraction of sp³-hybridized carbons (Fsp3) is 0.455. The number of nitrogens with zero attached hydrogens (tertiary/aromatic N) is 2. The van der Waals surface area contributed by atoms with E-state index in [0.717, 1.165) is 5.56 Å². The van der Waals surface area contributed by atoms with Crippen molar-refractivity contribution in [2.75, 3.05) is 20.8 Å². The summed E-state index contributed by atoms with van der Waals surface area (Å²) in [6, 6.07) is 2.17. The van der Waals surface area contributed by atoms with Gasteiger partial charge in [0.05, 0.1) is 6.61 Å². The van der Waals surface area contributed by atoms with Crippen molar-refractivity contribution >= 4 is 11.3 Å². The maximum Gasteiger partial charge on any atom is 0.228 e. The van der Waals surface area contributed by atoms with E-state index in [2.05, 4.69) is 15.5 Å². The van der Waals surface area contributed by atoms with Crippen molar-refractivity contribution in [2.45, 2.75) is 12.5 Å². The number of ether oxygens (including phenoxy) is 1. The first-order chi connectivity index (χ1) is 8.33. The molecular formula is C11H15N3O2S. The molecule has 2 rings (SSSR count). The molecule has 0 aliphatic rings. The van der Waals surface area contributed by atoms with Crippen molar-refractivity contribution in [1.29, 1.82) is 0 Å². The SMILES string of the molecule is CNC(COC)Cc1nc(-c2ccsc2)no1. The van der Waals surface area contributed by atoms with Crippen molar-refractivity contribution in [3.8, 4) is 11.4 Å². The van der Waals surface area contributed by atoms with Gasteiger partial charge in [0.2, 0.25) is 11.7 Å². The minimum absolute atomic E-state index is 0.191. The van der Waals surface area contributed by atoms with Crippen LogP contribution in [0.15, 0.2) is 21.3 Å². The summed E-state index contributed by atoms with van der Waals surface area (Å²) in [4.78, 5) is 4.36. The predicted molar refractivity (Wildman–Crippen MR) is 66.0 cm³/mol. The summed E-state index contributed by atoms with van der Waals surface area (Å²) in [5, 5.41) is 11.1. The first-order valence-corrected chi connectivity index (χ1v) is 6.29. The van der Waals surface area contributed by atoms with Crippen LogP contribution >= 0.6 is 11.3 Å². The highest BCUT2D eigenvalue weighted by atomic mass is 32.1. The monoisotopic (exact) mass is 253 g/mol. The Morgan fingerprint density at radius 3 is 3.12 bits per heavy atom. The number of aromatic nitrogens is 2. The van der Waals surface area contributed by atoms with Crippen LogP contribution in [0.5, 0.6) is 0 Å². The van der Waals surface area contributed by atoms with Gasteiger partial charge in [-0.2, -0.15) is 16.3 Å². The molecule has 0 aliphatic carbocycles. The van der Waals surface area contributed by atoms with Gasteiger partial charge in [-0.3, -0.25) is 0 Å². The van der Waals surface area contributed by atoms with E-state index in [1.165, 1.54) is 0 Å². The van der Waals surface area contributed by atoms with E-state index in [-0.39, 0.29) is 6.04 Å². The zero-order chi connectivity index (χ0) is 12.1. The molecule has 2 heterocycles. The van der Waals surface area contributed by atoms with Crippen LogP contribution < -0.4 is 5.32 Å². The molecule has 2 aromatic rings. The average Bonchev–Trinajstić information content (AvgIpc) is 2.98. The highest BCUT2D eigenvalue weighted by Gasteiger charge is 2.13. The molecule has 1 atom stereocenters. The Bertz CT molecular complexity index is 441. The number of nitrogens with one attached hydrogen (secondary N) is 1. The molecule has 0 saturated heterocycles. The van der Waals surface area contributed by atoms with E-state index >= 15 is 0 Å². The third kappa shape index (κ3) is 3.12. The lowest BCUT2D eigenvalue weighted by Crippen LogP contribution is -2.32. The van der Waals surface area contributed by atoms with Gasteiger partial charge in [-0.05, 0) is 18.5 Å². The van der Waals surface area contributed by atoms with Gasteiger partial charge in [0, 0.05) is 30.5 Å². The molecule has 0 amide bonds. The van der Waals surface area contributed by atoms with Crippen molar-refractivity contribution in [2.24, 2.45) is 0 Å². The molecule has 0 saturated carbocycles. The van der Waals surface area contributed by atoms with Crippen LogP contribution in [0.3, 0.4) is 0 Å². The molecule has 0 bridgehead atoms. The fourth-order valence-electron chi connectivity index (χ4n) is 1.50. The first kappa shape index (κ1) is 12.2. The predicted octanol–water partition coefficient (Wildman–Crippen LogP) is 1.57.